The third-order valence-corrected chi connectivity index (χ3v) is 4.39. The summed E-state index contributed by atoms with van der Waals surface area (Å²) < 4.78 is 5.40. The van der Waals surface area contributed by atoms with Crippen molar-refractivity contribution in [3.05, 3.63) is 11.8 Å². The fourth-order valence-electron chi connectivity index (χ4n) is 3.58. The third-order valence-electron chi connectivity index (χ3n) is 4.39. The molecule has 1 saturated heterocycles. The predicted octanol–water partition coefficient (Wildman–Crippen LogP) is 1.60. The Labute approximate surface area is 111 Å². The molecule has 2 aliphatic rings. The number of aliphatic carboxylic acids is 1. The first-order chi connectivity index (χ1) is 9.15. The quantitative estimate of drug-likeness (QED) is 0.894. The van der Waals surface area contributed by atoms with E-state index < -0.39 is 12.0 Å². The summed E-state index contributed by atoms with van der Waals surface area (Å²) in [5.74, 6) is 0.834. The first-order valence-electron chi connectivity index (χ1n) is 6.92. The smallest absolute Gasteiger partial charge is 0.320 e. The molecular formula is C13H19N3O3. The Hall–Kier alpha value is -1.43. The van der Waals surface area contributed by atoms with Crippen LogP contribution in [0.5, 0.6) is 0 Å². The van der Waals surface area contributed by atoms with Crippen molar-refractivity contribution in [1.29, 1.82) is 0 Å². The van der Waals surface area contributed by atoms with Gasteiger partial charge in [-0.15, -0.1) is 10.2 Å². The summed E-state index contributed by atoms with van der Waals surface area (Å²) in [6.07, 6.45) is 5.40. The molecule has 0 bridgehead atoms. The van der Waals surface area contributed by atoms with E-state index in [1.165, 1.54) is 12.8 Å². The first kappa shape index (κ1) is 12.6. The van der Waals surface area contributed by atoms with Gasteiger partial charge in [-0.05, 0) is 25.2 Å². The molecule has 0 radical (unpaired) electrons. The summed E-state index contributed by atoms with van der Waals surface area (Å²) in [6.45, 7) is 2.21. The van der Waals surface area contributed by atoms with Crippen LogP contribution in [0.4, 0.5) is 0 Å². The van der Waals surface area contributed by atoms with Crippen LogP contribution in [0.25, 0.3) is 0 Å². The zero-order valence-electron chi connectivity index (χ0n) is 11.1. The van der Waals surface area contributed by atoms with Crippen molar-refractivity contribution in [2.75, 3.05) is 0 Å². The minimum Gasteiger partial charge on any atom is -0.480 e. The van der Waals surface area contributed by atoms with Crippen LogP contribution in [0.15, 0.2) is 4.42 Å². The molecule has 1 aliphatic heterocycles. The van der Waals surface area contributed by atoms with Crippen LogP contribution in [0, 0.1) is 12.8 Å². The minimum atomic E-state index is -0.731. The van der Waals surface area contributed by atoms with Crippen molar-refractivity contribution >= 4 is 5.97 Å². The summed E-state index contributed by atoms with van der Waals surface area (Å²) in [7, 11) is 0. The summed E-state index contributed by atoms with van der Waals surface area (Å²) in [4.78, 5) is 13.5. The molecule has 19 heavy (non-hydrogen) atoms. The number of carboxylic acid groups (broad SMARTS) is 1. The molecule has 3 rings (SSSR count). The molecular weight excluding hydrogens is 246 g/mol. The van der Waals surface area contributed by atoms with Gasteiger partial charge in [-0.25, -0.2) is 0 Å². The number of rotatable bonds is 3. The number of likely N-dealkylation sites (tertiary alicyclic amines) is 1. The van der Waals surface area contributed by atoms with Gasteiger partial charge in [-0.3, -0.25) is 9.69 Å². The van der Waals surface area contributed by atoms with Crippen LogP contribution >= 0.6 is 0 Å². The van der Waals surface area contributed by atoms with Crippen molar-refractivity contribution in [3.63, 3.8) is 0 Å². The molecule has 0 amide bonds. The maximum Gasteiger partial charge on any atom is 0.320 e. The molecule has 1 aliphatic carbocycles. The van der Waals surface area contributed by atoms with Gasteiger partial charge in [0.15, 0.2) is 0 Å². The molecule has 1 saturated carbocycles. The molecule has 2 fully saturated rings. The van der Waals surface area contributed by atoms with Gasteiger partial charge in [0.1, 0.15) is 6.04 Å². The molecule has 3 atom stereocenters. The van der Waals surface area contributed by atoms with E-state index in [1.807, 2.05) is 0 Å². The number of hydrogen-bond donors (Lipinski definition) is 1. The van der Waals surface area contributed by atoms with Gasteiger partial charge in [0.05, 0.1) is 6.54 Å². The van der Waals surface area contributed by atoms with Crippen LogP contribution in [-0.2, 0) is 11.3 Å². The van der Waals surface area contributed by atoms with Crippen molar-refractivity contribution in [2.24, 2.45) is 5.92 Å². The number of carboxylic acids is 1. The van der Waals surface area contributed by atoms with Gasteiger partial charge >= 0.3 is 5.97 Å². The van der Waals surface area contributed by atoms with E-state index in [2.05, 4.69) is 15.1 Å². The number of carbonyl (C=O) groups is 1. The number of aromatic nitrogens is 2. The number of nitrogens with zero attached hydrogens (tertiary/aromatic N) is 3. The number of fused-ring (bicyclic) bond motifs is 1. The molecule has 1 aromatic rings. The van der Waals surface area contributed by atoms with E-state index in [0.29, 0.717) is 30.3 Å². The van der Waals surface area contributed by atoms with Gasteiger partial charge in [0, 0.05) is 13.0 Å². The second kappa shape index (κ2) is 4.92. The fourth-order valence-corrected chi connectivity index (χ4v) is 3.58. The largest absolute Gasteiger partial charge is 0.480 e. The molecule has 1 N–H and O–H groups in total. The molecule has 104 valence electrons. The van der Waals surface area contributed by atoms with Crippen molar-refractivity contribution in [1.82, 2.24) is 15.1 Å². The van der Waals surface area contributed by atoms with Gasteiger partial charge < -0.3 is 9.52 Å². The maximum atomic E-state index is 11.4. The standard InChI is InChI=1S/C13H19N3O3/c1-8-14-15-12(19-8)7-16-10-5-3-2-4-9(10)6-11(16)13(17)18/h9-11H,2-7H2,1H3,(H,17,18). The van der Waals surface area contributed by atoms with Gasteiger partial charge in [-0.2, -0.15) is 0 Å². The normalized spacial score (nSPS) is 31.3. The molecule has 3 unspecified atom stereocenters. The van der Waals surface area contributed by atoms with Gasteiger partial charge in [0.2, 0.25) is 11.8 Å². The zero-order valence-corrected chi connectivity index (χ0v) is 11.1. The molecule has 1 aromatic heterocycles. The highest BCUT2D eigenvalue weighted by Crippen LogP contribution is 2.40. The summed E-state index contributed by atoms with van der Waals surface area (Å²) >= 11 is 0. The molecule has 6 nitrogen and oxygen atoms in total. The van der Waals surface area contributed by atoms with Crippen LogP contribution < -0.4 is 0 Å². The van der Waals surface area contributed by atoms with E-state index in [-0.39, 0.29) is 0 Å². The van der Waals surface area contributed by atoms with E-state index in [9.17, 15) is 9.90 Å². The third kappa shape index (κ3) is 2.36. The van der Waals surface area contributed by atoms with E-state index >= 15 is 0 Å². The highest BCUT2D eigenvalue weighted by Gasteiger charge is 2.45. The lowest BCUT2D eigenvalue weighted by Gasteiger charge is -2.31. The Kier molecular flexibility index (Phi) is 3.26. The molecule has 0 aromatic carbocycles. The van der Waals surface area contributed by atoms with Crippen LogP contribution in [0.3, 0.4) is 0 Å². The first-order valence-corrected chi connectivity index (χ1v) is 6.92. The van der Waals surface area contributed by atoms with Crippen molar-refractivity contribution < 1.29 is 14.3 Å². The Morgan fingerprint density at radius 2 is 2.21 bits per heavy atom. The Balaban J connectivity index is 1.80. The molecule has 2 heterocycles. The highest BCUT2D eigenvalue weighted by atomic mass is 16.4. The summed E-state index contributed by atoms with van der Waals surface area (Å²) in [5, 5.41) is 17.2. The van der Waals surface area contributed by atoms with E-state index in [0.717, 1.165) is 19.3 Å². The Morgan fingerprint density at radius 3 is 2.89 bits per heavy atom. The lowest BCUT2D eigenvalue weighted by Crippen LogP contribution is -2.41. The van der Waals surface area contributed by atoms with Gasteiger partial charge in [-0.1, -0.05) is 12.8 Å². The summed E-state index contributed by atoms with van der Waals surface area (Å²) in [6, 6.07) is -0.0395. The van der Waals surface area contributed by atoms with Crippen molar-refractivity contribution in [3.8, 4) is 0 Å². The second-order valence-corrected chi connectivity index (χ2v) is 5.59. The average molecular weight is 265 g/mol. The second-order valence-electron chi connectivity index (χ2n) is 5.59. The lowest BCUT2D eigenvalue weighted by atomic mass is 9.85. The Bertz CT molecular complexity index is 473. The highest BCUT2D eigenvalue weighted by molar-refractivity contribution is 5.74. The van der Waals surface area contributed by atoms with Crippen molar-refractivity contribution in [2.45, 2.75) is 57.7 Å². The monoisotopic (exact) mass is 265 g/mol. The van der Waals surface area contributed by atoms with Crippen LogP contribution in [-0.4, -0.2) is 38.3 Å². The number of hydrogen-bond acceptors (Lipinski definition) is 5. The number of aryl methyl sites for hydroxylation is 1. The zero-order chi connectivity index (χ0) is 13.4. The maximum absolute atomic E-state index is 11.4. The van der Waals surface area contributed by atoms with Crippen LogP contribution in [0.2, 0.25) is 0 Å². The van der Waals surface area contributed by atoms with Gasteiger partial charge in [0.25, 0.3) is 0 Å². The summed E-state index contributed by atoms with van der Waals surface area (Å²) in [5.41, 5.74) is 0. The van der Waals surface area contributed by atoms with E-state index in [1.54, 1.807) is 6.92 Å². The molecule has 0 spiro atoms. The minimum absolute atomic E-state index is 0.363. The van der Waals surface area contributed by atoms with Crippen LogP contribution in [0.1, 0.15) is 43.9 Å². The predicted molar refractivity (Wildman–Crippen MR) is 66.4 cm³/mol. The lowest BCUT2D eigenvalue weighted by molar-refractivity contribution is -0.143. The topological polar surface area (TPSA) is 79.5 Å². The average Bonchev–Trinajstić information content (AvgIpc) is 2.95. The fraction of sp³-hybridized carbons (Fsp3) is 0.769. The Morgan fingerprint density at radius 1 is 1.42 bits per heavy atom. The van der Waals surface area contributed by atoms with E-state index in [4.69, 9.17) is 4.42 Å². The molecule has 6 heteroatoms. The SMILES string of the molecule is Cc1nnc(CN2C(C(=O)O)CC3CCCCC32)o1.